The molecule has 156 valence electrons. The second-order valence-corrected chi connectivity index (χ2v) is 8.55. The molecule has 0 saturated carbocycles. The number of amides is 1. The second-order valence-electron chi connectivity index (χ2n) is 7.54. The maximum Gasteiger partial charge on any atom is 0.286 e. The third kappa shape index (κ3) is 4.87. The van der Waals surface area contributed by atoms with Crippen molar-refractivity contribution in [2.75, 3.05) is 37.7 Å². The minimum absolute atomic E-state index is 0.151. The Labute approximate surface area is 182 Å². The molecule has 4 rings (SSSR count). The molecule has 0 N–H and O–H groups in total. The number of hydrogen-bond acceptors (Lipinski definition) is 5. The van der Waals surface area contributed by atoms with Gasteiger partial charge in [-0.3, -0.25) is 4.79 Å². The number of carbonyl (C=O) groups excluding carboxylic acids is 1. The number of anilines is 1. The smallest absolute Gasteiger partial charge is 0.286 e. The van der Waals surface area contributed by atoms with E-state index in [1.807, 2.05) is 30.3 Å². The number of piperazine rings is 1. The van der Waals surface area contributed by atoms with E-state index in [-0.39, 0.29) is 5.91 Å². The van der Waals surface area contributed by atoms with E-state index >= 15 is 0 Å². The highest BCUT2D eigenvalue weighted by atomic mass is 32.2. The number of thioether (sulfide) groups is 1. The molecule has 0 aromatic heterocycles. The number of benzene rings is 2. The van der Waals surface area contributed by atoms with Gasteiger partial charge in [-0.2, -0.15) is 4.99 Å². The fraction of sp³-hybridized carbons (Fsp3) is 0.333. The molecule has 2 aromatic rings. The Balaban J connectivity index is 1.35. The fourth-order valence-electron chi connectivity index (χ4n) is 3.48. The number of amidine groups is 1. The minimum Gasteiger partial charge on any atom is -0.494 e. The molecule has 2 heterocycles. The Morgan fingerprint density at radius 2 is 1.67 bits per heavy atom. The highest BCUT2D eigenvalue weighted by Crippen LogP contribution is 2.31. The van der Waals surface area contributed by atoms with Gasteiger partial charge in [0.2, 0.25) is 0 Å². The lowest BCUT2D eigenvalue weighted by Crippen LogP contribution is -2.47. The molecule has 0 aliphatic carbocycles. The predicted molar refractivity (Wildman–Crippen MR) is 125 cm³/mol. The summed E-state index contributed by atoms with van der Waals surface area (Å²) in [4.78, 5) is 22.0. The Morgan fingerprint density at radius 1 is 1.00 bits per heavy atom. The van der Waals surface area contributed by atoms with Crippen LogP contribution in [0.2, 0.25) is 0 Å². The third-order valence-corrected chi connectivity index (χ3v) is 6.25. The van der Waals surface area contributed by atoms with Gasteiger partial charge in [-0.05, 0) is 61.0 Å². The van der Waals surface area contributed by atoms with Crippen molar-refractivity contribution in [3.05, 3.63) is 64.6 Å². The molecule has 30 heavy (non-hydrogen) atoms. The average Bonchev–Trinajstić information content (AvgIpc) is 3.14. The molecular formula is C24H27N3O2S. The summed E-state index contributed by atoms with van der Waals surface area (Å²) < 4.78 is 5.62. The molecule has 2 aromatic carbocycles. The Bertz CT molecular complexity index is 943. The Kier molecular flexibility index (Phi) is 6.43. The van der Waals surface area contributed by atoms with Crippen LogP contribution in [-0.4, -0.2) is 48.8 Å². The van der Waals surface area contributed by atoms with E-state index < -0.39 is 0 Å². The molecular weight excluding hydrogens is 394 g/mol. The van der Waals surface area contributed by atoms with Crippen molar-refractivity contribution in [3.63, 3.8) is 0 Å². The zero-order valence-electron chi connectivity index (χ0n) is 17.5. The normalized spacial score (nSPS) is 18.1. The highest BCUT2D eigenvalue weighted by Gasteiger charge is 2.28. The van der Waals surface area contributed by atoms with Gasteiger partial charge in [-0.15, -0.1) is 0 Å². The molecule has 0 atom stereocenters. The van der Waals surface area contributed by atoms with Crippen molar-refractivity contribution in [2.45, 2.75) is 20.3 Å². The SMILES string of the molecule is CCCOc1ccc(/C=C2\SC(N3CCN(c4ccc(C)cc4)CC3)=NC2=O)cc1. The zero-order chi connectivity index (χ0) is 20.9. The largest absolute Gasteiger partial charge is 0.494 e. The van der Waals surface area contributed by atoms with Crippen LogP contribution in [0.3, 0.4) is 0 Å². The van der Waals surface area contributed by atoms with Crippen LogP contribution in [-0.2, 0) is 4.79 Å². The summed E-state index contributed by atoms with van der Waals surface area (Å²) in [5, 5.41) is 0.817. The monoisotopic (exact) mass is 421 g/mol. The maximum absolute atomic E-state index is 12.4. The molecule has 0 radical (unpaired) electrons. The van der Waals surface area contributed by atoms with Crippen LogP contribution in [0.25, 0.3) is 6.08 Å². The van der Waals surface area contributed by atoms with Crippen LogP contribution in [0.15, 0.2) is 58.4 Å². The lowest BCUT2D eigenvalue weighted by atomic mass is 10.2. The first-order chi connectivity index (χ1) is 14.6. The van der Waals surface area contributed by atoms with Crippen molar-refractivity contribution >= 4 is 34.6 Å². The average molecular weight is 422 g/mol. The topological polar surface area (TPSA) is 45.1 Å². The summed E-state index contributed by atoms with van der Waals surface area (Å²) in [5.74, 6) is 0.704. The van der Waals surface area contributed by atoms with Crippen LogP contribution < -0.4 is 9.64 Å². The molecule has 1 amide bonds. The molecule has 2 aliphatic heterocycles. The molecule has 5 nitrogen and oxygen atoms in total. The van der Waals surface area contributed by atoms with E-state index in [0.717, 1.165) is 49.1 Å². The van der Waals surface area contributed by atoms with E-state index in [2.05, 4.69) is 52.9 Å². The van der Waals surface area contributed by atoms with Gasteiger partial charge in [-0.25, -0.2) is 0 Å². The standard InChI is InChI=1S/C24H27N3O2S/c1-3-16-29-21-10-6-19(7-11-21)17-22-23(28)25-24(30-22)27-14-12-26(13-15-27)20-8-4-18(2)5-9-20/h4-11,17H,3,12-16H2,1-2H3/b22-17-. The molecule has 1 saturated heterocycles. The van der Waals surface area contributed by atoms with Gasteiger partial charge in [0.1, 0.15) is 5.75 Å². The first-order valence-corrected chi connectivity index (χ1v) is 11.3. The van der Waals surface area contributed by atoms with Crippen LogP contribution in [0.5, 0.6) is 5.75 Å². The first-order valence-electron chi connectivity index (χ1n) is 10.4. The second kappa shape index (κ2) is 9.39. The van der Waals surface area contributed by atoms with Gasteiger partial charge < -0.3 is 14.5 Å². The molecule has 0 bridgehead atoms. The fourth-order valence-corrected chi connectivity index (χ4v) is 4.44. The molecule has 1 fully saturated rings. The summed E-state index contributed by atoms with van der Waals surface area (Å²) >= 11 is 1.47. The number of ether oxygens (including phenoxy) is 1. The molecule has 0 unspecified atom stereocenters. The van der Waals surface area contributed by atoms with Crippen molar-refractivity contribution in [1.29, 1.82) is 0 Å². The van der Waals surface area contributed by atoms with Crippen molar-refractivity contribution in [1.82, 2.24) is 4.90 Å². The predicted octanol–water partition coefficient (Wildman–Crippen LogP) is 4.58. The van der Waals surface area contributed by atoms with E-state index in [9.17, 15) is 4.79 Å². The van der Waals surface area contributed by atoms with Gasteiger partial charge in [0, 0.05) is 31.9 Å². The summed E-state index contributed by atoms with van der Waals surface area (Å²) in [5.41, 5.74) is 3.51. The minimum atomic E-state index is -0.151. The van der Waals surface area contributed by atoms with Gasteiger partial charge in [0.15, 0.2) is 5.17 Å². The quantitative estimate of drug-likeness (QED) is 0.662. The summed E-state index contributed by atoms with van der Waals surface area (Å²) in [6.07, 6.45) is 2.89. The number of aryl methyl sites for hydroxylation is 1. The highest BCUT2D eigenvalue weighted by molar-refractivity contribution is 8.18. The van der Waals surface area contributed by atoms with Crippen LogP contribution in [0.4, 0.5) is 5.69 Å². The number of nitrogens with zero attached hydrogens (tertiary/aromatic N) is 3. The van der Waals surface area contributed by atoms with Gasteiger partial charge in [0.05, 0.1) is 11.5 Å². The van der Waals surface area contributed by atoms with Crippen molar-refractivity contribution < 1.29 is 9.53 Å². The van der Waals surface area contributed by atoms with Gasteiger partial charge in [0.25, 0.3) is 5.91 Å². The van der Waals surface area contributed by atoms with Gasteiger partial charge in [-0.1, -0.05) is 36.8 Å². The lowest BCUT2D eigenvalue weighted by Gasteiger charge is -2.36. The van der Waals surface area contributed by atoms with Gasteiger partial charge >= 0.3 is 0 Å². The van der Waals surface area contributed by atoms with E-state index in [0.29, 0.717) is 11.5 Å². The van der Waals surface area contributed by atoms with Crippen molar-refractivity contribution in [2.24, 2.45) is 4.99 Å². The summed E-state index contributed by atoms with van der Waals surface area (Å²) in [7, 11) is 0. The summed E-state index contributed by atoms with van der Waals surface area (Å²) in [6, 6.07) is 16.5. The molecule has 6 heteroatoms. The number of rotatable bonds is 5. The number of carbonyl (C=O) groups is 1. The van der Waals surface area contributed by atoms with Crippen molar-refractivity contribution in [3.8, 4) is 5.75 Å². The number of aliphatic imine (C=N–C) groups is 1. The maximum atomic E-state index is 12.4. The van der Waals surface area contributed by atoms with E-state index in [4.69, 9.17) is 4.74 Å². The van der Waals surface area contributed by atoms with Crippen LogP contribution in [0, 0.1) is 6.92 Å². The van der Waals surface area contributed by atoms with Crippen LogP contribution in [0.1, 0.15) is 24.5 Å². The zero-order valence-corrected chi connectivity index (χ0v) is 18.3. The first kappa shape index (κ1) is 20.5. The lowest BCUT2D eigenvalue weighted by molar-refractivity contribution is -0.113. The Hall–Kier alpha value is -2.73. The number of hydrogen-bond donors (Lipinski definition) is 0. The third-order valence-electron chi connectivity index (χ3n) is 5.21. The van der Waals surface area contributed by atoms with E-state index in [1.54, 1.807) is 0 Å². The molecule has 0 spiro atoms. The van der Waals surface area contributed by atoms with Crippen LogP contribution >= 0.6 is 11.8 Å². The summed E-state index contributed by atoms with van der Waals surface area (Å²) in [6.45, 7) is 8.48. The Morgan fingerprint density at radius 3 is 2.33 bits per heavy atom. The molecule has 2 aliphatic rings. The van der Waals surface area contributed by atoms with E-state index in [1.165, 1.54) is 23.0 Å².